The number of pyridine rings is 1. The number of hydrogen-bond donors (Lipinski definition) is 3. The molecule has 0 aliphatic heterocycles. The number of nitrogens with zero attached hydrogens (tertiary/aromatic N) is 2. The molecule has 0 saturated carbocycles. The van der Waals surface area contributed by atoms with Crippen molar-refractivity contribution in [3.8, 4) is 23.1 Å². The van der Waals surface area contributed by atoms with Gasteiger partial charge in [-0.05, 0) is 29.7 Å². The van der Waals surface area contributed by atoms with E-state index in [1.807, 2.05) is 36.4 Å². The van der Waals surface area contributed by atoms with Crippen LogP contribution in [0.15, 0.2) is 60.8 Å². The predicted octanol–water partition coefficient (Wildman–Crippen LogP) is 3.72. The highest BCUT2D eigenvalue weighted by Crippen LogP contribution is 2.36. The molecular weight excluding hydrogens is 380 g/mol. The average Bonchev–Trinajstić information content (AvgIpc) is 2.77. The van der Waals surface area contributed by atoms with Gasteiger partial charge in [0.1, 0.15) is 5.75 Å². The van der Waals surface area contributed by atoms with Crippen LogP contribution in [0.4, 0.5) is 11.4 Å². The summed E-state index contributed by atoms with van der Waals surface area (Å²) >= 11 is 0. The highest BCUT2D eigenvalue weighted by atomic mass is 16.5. The van der Waals surface area contributed by atoms with Gasteiger partial charge in [0.15, 0.2) is 0 Å². The zero-order valence-corrected chi connectivity index (χ0v) is 16.6. The number of rotatable bonds is 8. The van der Waals surface area contributed by atoms with E-state index in [0.29, 0.717) is 29.2 Å². The van der Waals surface area contributed by atoms with Crippen molar-refractivity contribution in [3.05, 3.63) is 60.8 Å². The van der Waals surface area contributed by atoms with Gasteiger partial charge in [-0.3, -0.25) is 9.78 Å². The maximum atomic E-state index is 11.8. The molecule has 0 spiro atoms. The number of anilines is 2. The summed E-state index contributed by atoms with van der Waals surface area (Å²) in [7, 11) is 1.59. The number of ether oxygens (including phenoxy) is 1. The molecule has 1 amide bonds. The van der Waals surface area contributed by atoms with Crippen molar-refractivity contribution in [2.45, 2.75) is 6.42 Å². The number of benzene rings is 2. The van der Waals surface area contributed by atoms with Crippen LogP contribution < -0.4 is 15.4 Å². The predicted molar refractivity (Wildman–Crippen MR) is 117 cm³/mol. The van der Waals surface area contributed by atoms with E-state index >= 15 is 0 Å². The number of carbonyl (C=O) groups excluding carboxylic acids is 1. The van der Waals surface area contributed by atoms with Crippen LogP contribution >= 0.6 is 0 Å². The van der Waals surface area contributed by atoms with Crippen molar-refractivity contribution >= 4 is 28.1 Å². The first-order valence-corrected chi connectivity index (χ1v) is 9.35. The molecule has 0 atom stereocenters. The largest absolute Gasteiger partial charge is 0.495 e. The van der Waals surface area contributed by atoms with Gasteiger partial charge in [0.25, 0.3) is 0 Å². The first kappa shape index (κ1) is 20.8. The smallest absolute Gasteiger partial charge is 0.226 e. The lowest BCUT2D eigenvalue weighted by atomic mass is 10.0. The zero-order chi connectivity index (χ0) is 21.5. The fourth-order valence-corrected chi connectivity index (χ4v) is 3.04. The molecule has 1 aromatic heterocycles. The van der Waals surface area contributed by atoms with Crippen molar-refractivity contribution in [2.24, 2.45) is 0 Å². The van der Waals surface area contributed by atoms with E-state index in [-0.39, 0.29) is 18.9 Å². The summed E-state index contributed by atoms with van der Waals surface area (Å²) in [5, 5.41) is 25.8. The van der Waals surface area contributed by atoms with E-state index in [2.05, 4.69) is 22.2 Å². The maximum absolute atomic E-state index is 11.8. The van der Waals surface area contributed by atoms with Gasteiger partial charge in [-0.15, -0.1) is 0 Å². The third kappa shape index (κ3) is 4.74. The number of amides is 1. The van der Waals surface area contributed by atoms with Gasteiger partial charge in [0.05, 0.1) is 37.6 Å². The molecule has 0 fully saturated rings. The Labute approximate surface area is 174 Å². The molecule has 0 unspecified atom stereocenters. The van der Waals surface area contributed by atoms with Crippen LogP contribution in [0.1, 0.15) is 6.42 Å². The minimum atomic E-state index is -0.262. The van der Waals surface area contributed by atoms with Gasteiger partial charge in [-0.1, -0.05) is 24.8 Å². The van der Waals surface area contributed by atoms with E-state index in [1.54, 1.807) is 25.4 Å². The summed E-state index contributed by atoms with van der Waals surface area (Å²) < 4.78 is 5.49. The molecule has 152 valence electrons. The minimum absolute atomic E-state index is 0.0381. The summed E-state index contributed by atoms with van der Waals surface area (Å²) in [6, 6.07) is 15.3. The van der Waals surface area contributed by atoms with E-state index in [4.69, 9.17) is 15.1 Å². The quantitative estimate of drug-likeness (QED) is 0.496. The molecule has 30 heavy (non-hydrogen) atoms. The summed E-state index contributed by atoms with van der Waals surface area (Å²) in [5.41, 5.74) is 3.33. The third-order valence-electron chi connectivity index (χ3n) is 4.52. The van der Waals surface area contributed by atoms with E-state index in [1.165, 1.54) is 0 Å². The van der Waals surface area contributed by atoms with Crippen molar-refractivity contribution in [3.63, 3.8) is 0 Å². The Hall–Kier alpha value is -3.89. The monoisotopic (exact) mass is 402 g/mol. The first-order chi connectivity index (χ1) is 14.5. The van der Waals surface area contributed by atoms with Crippen LogP contribution in [0.25, 0.3) is 22.0 Å². The molecule has 0 aliphatic carbocycles. The Balaban J connectivity index is 2.01. The standard InChI is InChI=1S/C23H22N4O3/c1-15(13-24)14-26-23-19-11-17(4-3-16(19)5-6-21(23)30-2)20-12-18(7-9-25-20)27-22(29)8-10-28/h3-7,9,11-12,26,28H,1,8,10,14H2,2H3,(H,25,27,29). The number of nitrogens with one attached hydrogen (secondary N) is 2. The number of aliphatic hydroxyl groups excluding tert-OH is 1. The van der Waals surface area contributed by atoms with Gasteiger partial charge in [0.2, 0.25) is 5.91 Å². The number of fused-ring (bicyclic) bond motifs is 1. The molecule has 3 rings (SSSR count). The highest BCUT2D eigenvalue weighted by Gasteiger charge is 2.11. The molecule has 3 aromatic rings. The Morgan fingerprint density at radius 2 is 2.07 bits per heavy atom. The minimum Gasteiger partial charge on any atom is -0.495 e. The second-order valence-electron chi connectivity index (χ2n) is 6.60. The lowest BCUT2D eigenvalue weighted by Crippen LogP contribution is -2.12. The van der Waals surface area contributed by atoms with Crippen LogP contribution in [-0.2, 0) is 4.79 Å². The lowest BCUT2D eigenvalue weighted by molar-refractivity contribution is -0.116. The highest BCUT2D eigenvalue weighted by molar-refractivity contribution is 5.99. The number of nitriles is 1. The normalized spacial score (nSPS) is 10.3. The second kappa shape index (κ2) is 9.54. The molecule has 3 N–H and O–H groups in total. The molecule has 0 bridgehead atoms. The molecule has 0 radical (unpaired) electrons. The van der Waals surface area contributed by atoms with Gasteiger partial charge in [-0.2, -0.15) is 5.26 Å². The molecule has 1 heterocycles. The van der Waals surface area contributed by atoms with Crippen LogP contribution in [0, 0.1) is 11.3 Å². The summed E-state index contributed by atoms with van der Waals surface area (Å²) in [6.07, 6.45) is 1.66. The summed E-state index contributed by atoms with van der Waals surface area (Å²) in [4.78, 5) is 16.2. The van der Waals surface area contributed by atoms with E-state index < -0.39 is 0 Å². The summed E-state index contributed by atoms with van der Waals surface area (Å²) in [5.74, 6) is 0.394. The first-order valence-electron chi connectivity index (χ1n) is 9.35. The molecule has 0 aliphatic rings. The van der Waals surface area contributed by atoms with Crippen molar-refractivity contribution in [1.82, 2.24) is 4.98 Å². The zero-order valence-electron chi connectivity index (χ0n) is 16.6. The molecule has 7 heteroatoms. The Morgan fingerprint density at radius 3 is 2.80 bits per heavy atom. The van der Waals surface area contributed by atoms with Gasteiger partial charge >= 0.3 is 0 Å². The Morgan fingerprint density at radius 1 is 1.27 bits per heavy atom. The number of hydrogen-bond acceptors (Lipinski definition) is 6. The number of methoxy groups -OCH3 is 1. The Kier molecular flexibility index (Phi) is 6.63. The number of aliphatic hydroxyl groups is 1. The number of carbonyl (C=O) groups is 1. The fourth-order valence-electron chi connectivity index (χ4n) is 3.04. The van der Waals surface area contributed by atoms with Crippen molar-refractivity contribution in [2.75, 3.05) is 30.9 Å². The molecule has 7 nitrogen and oxygen atoms in total. The van der Waals surface area contributed by atoms with Gasteiger partial charge < -0.3 is 20.5 Å². The van der Waals surface area contributed by atoms with Gasteiger partial charge in [-0.25, -0.2) is 0 Å². The van der Waals surface area contributed by atoms with Crippen molar-refractivity contribution in [1.29, 1.82) is 5.26 Å². The van der Waals surface area contributed by atoms with E-state index in [0.717, 1.165) is 22.0 Å². The fraction of sp³-hybridized carbons (Fsp3) is 0.174. The summed E-state index contributed by atoms with van der Waals surface area (Å²) in [6.45, 7) is 3.81. The van der Waals surface area contributed by atoms with Crippen molar-refractivity contribution < 1.29 is 14.6 Å². The lowest BCUT2D eigenvalue weighted by Gasteiger charge is -2.15. The molecule has 0 saturated heterocycles. The second-order valence-corrected chi connectivity index (χ2v) is 6.60. The molecule has 2 aromatic carbocycles. The third-order valence-corrected chi connectivity index (χ3v) is 4.52. The maximum Gasteiger partial charge on any atom is 0.226 e. The topological polar surface area (TPSA) is 107 Å². The van der Waals surface area contributed by atoms with Crippen LogP contribution in [0.5, 0.6) is 5.75 Å². The Bertz CT molecular complexity index is 1130. The molecular formula is C23H22N4O3. The van der Waals surface area contributed by atoms with Crippen LogP contribution in [0.3, 0.4) is 0 Å². The van der Waals surface area contributed by atoms with Gasteiger partial charge in [0, 0.05) is 35.0 Å². The SMILES string of the molecule is C=C(C#N)CNc1c(OC)ccc2ccc(-c3cc(NC(=O)CCO)ccn3)cc12. The van der Waals surface area contributed by atoms with Crippen LogP contribution in [-0.4, -0.2) is 36.3 Å². The average molecular weight is 402 g/mol. The number of aromatic nitrogens is 1. The van der Waals surface area contributed by atoms with Crippen LogP contribution in [0.2, 0.25) is 0 Å². The van der Waals surface area contributed by atoms with E-state index in [9.17, 15) is 4.79 Å².